The number of nitrogens with zero attached hydrogens (tertiary/aromatic N) is 1. The van der Waals surface area contributed by atoms with E-state index in [9.17, 15) is 10.2 Å². The lowest BCUT2D eigenvalue weighted by Gasteiger charge is -2.44. The number of benzene rings is 2. The van der Waals surface area contributed by atoms with E-state index in [1.54, 1.807) is 6.08 Å². The average molecular weight is 427 g/mol. The summed E-state index contributed by atoms with van der Waals surface area (Å²) in [6.07, 6.45) is -1.66. The van der Waals surface area contributed by atoms with Gasteiger partial charge in [-0.1, -0.05) is 73.7 Å². The van der Waals surface area contributed by atoms with Gasteiger partial charge in [-0.15, -0.1) is 6.58 Å². The summed E-state index contributed by atoms with van der Waals surface area (Å²) in [6.45, 7) is 8.64. The number of nitrogens with one attached hydrogen (secondary N) is 1. The maximum atomic E-state index is 10.9. The Morgan fingerprint density at radius 3 is 2.29 bits per heavy atom. The highest BCUT2D eigenvalue weighted by Gasteiger charge is 2.45. The maximum Gasteiger partial charge on any atom is 0.176 e. The summed E-state index contributed by atoms with van der Waals surface area (Å²) in [4.78, 5) is 2.19. The molecule has 1 aliphatic rings. The minimum absolute atomic E-state index is 0.297. The zero-order chi connectivity index (χ0) is 22.1. The molecule has 3 N–H and O–H groups in total. The van der Waals surface area contributed by atoms with Crippen molar-refractivity contribution in [3.63, 3.8) is 0 Å². The molecule has 0 saturated carbocycles. The van der Waals surface area contributed by atoms with Crippen LogP contribution in [0.4, 0.5) is 0 Å². The van der Waals surface area contributed by atoms with E-state index in [1.807, 2.05) is 48.5 Å². The van der Waals surface area contributed by atoms with Crippen LogP contribution in [0.2, 0.25) is 0 Å². The second-order valence-corrected chi connectivity index (χ2v) is 7.85. The van der Waals surface area contributed by atoms with Crippen molar-refractivity contribution in [2.24, 2.45) is 0 Å². The molecule has 0 radical (unpaired) electrons. The van der Waals surface area contributed by atoms with Crippen molar-refractivity contribution in [2.75, 3.05) is 19.7 Å². The fraction of sp³-hybridized carbons (Fsp3) is 0.440. The third kappa shape index (κ3) is 6.71. The molecule has 3 rings (SSSR count). The van der Waals surface area contributed by atoms with Crippen LogP contribution in [0.25, 0.3) is 0 Å². The number of rotatable bonds is 11. The largest absolute Gasteiger partial charge is 0.388 e. The van der Waals surface area contributed by atoms with Gasteiger partial charge >= 0.3 is 0 Å². The van der Waals surface area contributed by atoms with Gasteiger partial charge in [-0.3, -0.25) is 4.90 Å². The molecule has 6 nitrogen and oxygen atoms in total. The van der Waals surface area contributed by atoms with Crippen molar-refractivity contribution in [3.05, 3.63) is 84.4 Å². The van der Waals surface area contributed by atoms with E-state index in [2.05, 4.69) is 35.9 Å². The highest BCUT2D eigenvalue weighted by Crippen LogP contribution is 2.24. The molecule has 5 atom stereocenters. The maximum absolute atomic E-state index is 10.9. The van der Waals surface area contributed by atoms with Gasteiger partial charge in [0.15, 0.2) is 6.29 Å². The van der Waals surface area contributed by atoms with E-state index >= 15 is 0 Å². The number of ether oxygens (including phenoxy) is 2. The van der Waals surface area contributed by atoms with Crippen molar-refractivity contribution in [1.82, 2.24) is 10.2 Å². The standard InChI is InChI=1S/C25H34N2O4/c1-3-15-30-25-22(26-16-19-11-7-5-8-12-19)24(29)23(28)21(31-25)18-27(4-2)17-20-13-9-6-10-14-20/h3,5-14,21-26,28-29H,1,4,15-18H2,2H3/t21-,22-,23-,24-,25+/m1/s1. The normalized spacial score (nSPS) is 26.1. The predicted octanol–water partition coefficient (Wildman–Crippen LogP) is 2.32. The molecular weight excluding hydrogens is 392 g/mol. The van der Waals surface area contributed by atoms with Crippen molar-refractivity contribution in [2.45, 2.75) is 50.7 Å². The Hall–Kier alpha value is -2.06. The Labute approximate surface area is 185 Å². The summed E-state index contributed by atoms with van der Waals surface area (Å²) in [5.41, 5.74) is 2.27. The fourth-order valence-corrected chi connectivity index (χ4v) is 3.84. The van der Waals surface area contributed by atoms with Crippen LogP contribution in [0.15, 0.2) is 73.3 Å². The van der Waals surface area contributed by atoms with Crippen LogP contribution < -0.4 is 5.32 Å². The molecule has 0 aliphatic carbocycles. The topological polar surface area (TPSA) is 74.2 Å². The lowest BCUT2D eigenvalue weighted by atomic mass is 9.95. The molecule has 1 saturated heterocycles. The van der Waals surface area contributed by atoms with Crippen molar-refractivity contribution < 1.29 is 19.7 Å². The summed E-state index contributed by atoms with van der Waals surface area (Å²) in [5, 5.41) is 25.1. The quantitative estimate of drug-likeness (QED) is 0.479. The van der Waals surface area contributed by atoms with Gasteiger partial charge in [0.1, 0.15) is 18.3 Å². The fourth-order valence-electron chi connectivity index (χ4n) is 3.84. The molecule has 2 aromatic carbocycles. The molecule has 0 unspecified atom stereocenters. The highest BCUT2D eigenvalue weighted by molar-refractivity contribution is 5.15. The van der Waals surface area contributed by atoms with Gasteiger partial charge in [-0.05, 0) is 17.7 Å². The van der Waals surface area contributed by atoms with Gasteiger partial charge in [0, 0.05) is 19.6 Å². The first-order valence-corrected chi connectivity index (χ1v) is 10.9. The van der Waals surface area contributed by atoms with Crippen LogP contribution in [-0.4, -0.2) is 65.5 Å². The molecular formula is C25H34N2O4. The van der Waals surface area contributed by atoms with Crippen LogP contribution in [0.1, 0.15) is 18.1 Å². The monoisotopic (exact) mass is 426 g/mol. The van der Waals surface area contributed by atoms with E-state index < -0.39 is 30.6 Å². The molecule has 0 bridgehead atoms. The lowest BCUT2D eigenvalue weighted by Crippen LogP contribution is -2.64. The summed E-state index contributed by atoms with van der Waals surface area (Å²) in [6, 6.07) is 19.5. The average Bonchev–Trinajstić information content (AvgIpc) is 2.81. The van der Waals surface area contributed by atoms with Gasteiger partial charge in [0.25, 0.3) is 0 Å². The molecule has 0 amide bonds. The van der Waals surface area contributed by atoms with Crippen LogP contribution >= 0.6 is 0 Å². The number of hydrogen-bond acceptors (Lipinski definition) is 6. The van der Waals surface area contributed by atoms with Crippen LogP contribution in [0.3, 0.4) is 0 Å². The Morgan fingerprint density at radius 1 is 1.03 bits per heavy atom. The van der Waals surface area contributed by atoms with Crippen molar-refractivity contribution in [3.8, 4) is 0 Å². The minimum atomic E-state index is -1.03. The van der Waals surface area contributed by atoms with E-state index in [-0.39, 0.29) is 0 Å². The second-order valence-electron chi connectivity index (χ2n) is 7.85. The third-order valence-electron chi connectivity index (χ3n) is 5.60. The molecule has 168 valence electrons. The Kier molecular flexibility index (Phi) is 9.21. The molecule has 2 aromatic rings. The van der Waals surface area contributed by atoms with Gasteiger partial charge in [-0.25, -0.2) is 0 Å². The first-order valence-electron chi connectivity index (χ1n) is 10.9. The number of aliphatic hydroxyl groups is 2. The molecule has 1 heterocycles. The first-order chi connectivity index (χ1) is 15.1. The van der Waals surface area contributed by atoms with E-state index in [4.69, 9.17) is 9.47 Å². The number of aliphatic hydroxyl groups excluding tert-OH is 2. The number of hydrogen-bond donors (Lipinski definition) is 3. The van der Waals surface area contributed by atoms with E-state index in [0.29, 0.717) is 19.7 Å². The SMILES string of the molecule is C=CCO[C@H]1O[C@H](CN(CC)Cc2ccccc2)[C@@H](O)[C@H](O)[C@H]1NCc1ccccc1. The molecule has 6 heteroatoms. The van der Waals surface area contributed by atoms with Gasteiger partial charge < -0.3 is 25.0 Å². The zero-order valence-electron chi connectivity index (χ0n) is 18.1. The molecule has 0 aromatic heterocycles. The van der Waals surface area contributed by atoms with Gasteiger partial charge in [-0.2, -0.15) is 0 Å². The second kappa shape index (κ2) is 12.1. The molecule has 0 spiro atoms. The summed E-state index contributed by atoms with van der Waals surface area (Å²) < 4.78 is 12.0. The molecule has 31 heavy (non-hydrogen) atoms. The highest BCUT2D eigenvalue weighted by atomic mass is 16.7. The Morgan fingerprint density at radius 2 is 1.68 bits per heavy atom. The minimum Gasteiger partial charge on any atom is -0.388 e. The van der Waals surface area contributed by atoms with Crippen LogP contribution in [0.5, 0.6) is 0 Å². The predicted molar refractivity (Wildman–Crippen MR) is 121 cm³/mol. The number of likely N-dealkylation sites (N-methyl/N-ethyl adjacent to an activating group) is 1. The smallest absolute Gasteiger partial charge is 0.176 e. The van der Waals surface area contributed by atoms with Gasteiger partial charge in [0.2, 0.25) is 0 Å². The third-order valence-corrected chi connectivity index (χ3v) is 5.60. The summed E-state index contributed by atoms with van der Waals surface area (Å²) in [7, 11) is 0. The van der Waals surface area contributed by atoms with E-state index in [0.717, 1.165) is 18.7 Å². The zero-order valence-corrected chi connectivity index (χ0v) is 18.1. The van der Waals surface area contributed by atoms with Crippen molar-refractivity contribution in [1.29, 1.82) is 0 Å². The van der Waals surface area contributed by atoms with Crippen LogP contribution in [0, 0.1) is 0 Å². The van der Waals surface area contributed by atoms with Crippen molar-refractivity contribution >= 4 is 0 Å². The van der Waals surface area contributed by atoms with Crippen LogP contribution in [-0.2, 0) is 22.6 Å². The molecule has 1 fully saturated rings. The lowest BCUT2D eigenvalue weighted by molar-refractivity contribution is -0.265. The van der Waals surface area contributed by atoms with Gasteiger partial charge in [0.05, 0.1) is 12.6 Å². The summed E-state index contributed by atoms with van der Waals surface area (Å²) >= 11 is 0. The summed E-state index contributed by atoms with van der Waals surface area (Å²) in [5.74, 6) is 0. The van der Waals surface area contributed by atoms with E-state index in [1.165, 1.54) is 5.56 Å². The Balaban J connectivity index is 1.66. The first kappa shape index (κ1) is 23.6. The molecule has 1 aliphatic heterocycles. The Bertz CT molecular complexity index is 774.